The molecule has 2 aromatic carbocycles. The lowest BCUT2D eigenvalue weighted by atomic mass is 10.2. The molecule has 0 unspecified atom stereocenters. The molecule has 8 heteroatoms. The molecule has 0 spiro atoms. The van der Waals surface area contributed by atoms with Gasteiger partial charge in [-0.05, 0) is 48.1 Å². The van der Waals surface area contributed by atoms with Gasteiger partial charge in [0.05, 0.1) is 7.11 Å². The number of carbonyl (C=O) groups is 1. The summed E-state index contributed by atoms with van der Waals surface area (Å²) in [5.41, 5.74) is 1.81. The van der Waals surface area contributed by atoms with E-state index in [1.54, 1.807) is 19.1 Å². The summed E-state index contributed by atoms with van der Waals surface area (Å²) in [5.74, 6) is 1.46. The van der Waals surface area contributed by atoms with Crippen molar-refractivity contribution in [2.24, 2.45) is 0 Å². The van der Waals surface area contributed by atoms with Crippen LogP contribution >= 0.6 is 23.8 Å². The van der Waals surface area contributed by atoms with Crippen LogP contribution < -0.4 is 4.74 Å². The summed E-state index contributed by atoms with van der Waals surface area (Å²) in [6.45, 7) is 0.892. The van der Waals surface area contributed by atoms with E-state index in [0.29, 0.717) is 35.1 Å². The highest BCUT2D eigenvalue weighted by Crippen LogP contribution is 2.21. The van der Waals surface area contributed by atoms with Crippen molar-refractivity contribution in [3.63, 3.8) is 0 Å². The predicted octanol–water partition coefficient (Wildman–Crippen LogP) is 4.32. The number of nitrogens with zero attached hydrogens (tertiary/aromatic N) is 3. The van der Waals surface area contributed by atoms with Crippen molar-refractivity contribution in [3.8, 4) is 17.1 Å². The Morgan fingerprint density at radius 1 is 1.25 bits per heavy atom. The number of amides is 1. The summed E-state index contributed by atoms with van der Waals surface area (Å²) < 4.78 is 7.50. The minimum atomic E-state index is 0.00343. The molecule has 0 atom stereocenters. The van der Waals surface area contributed by atoms with E-state index in [-0.39, 0.29) is 5.91 Å². The Bertz CT molecular complexity index is 1010. The van der Waals surface area contributed by atoms with Crippen LogP contribution in [0.3, 0.4) is 0 Å². The topological polar surface area (TPSA) is 63.1 Å². The first-order chi connectivity index (χ1) is 13.5. The van der Waals surface area contributed by atoms with Crippen LogP contribution in [0.25, 0.3) is 11.4 Å². The van der Waals surface area contributed by atoms with Crippen molar-refractivity contribution in [2.45, 2.75) is 19.5 Å². The summed E-state index contributed by atoms with van der Waals surface area (Å²) in [5, 5.41) is 7.77. The van der Waals surface area contributed by atoms with Gasteiger partial charge < -0.3 is 9.64 Å². The van der Waals surface area contributed by atoms with Gasteiger partial charge in [0, 0.05) is 37.1 Å². The lowest BCUT2D eigenvalue weighted by Gasteiger charge is -2.18. The maximum atomic E-state index is 12.6. The molecule has 0 aliphatic heterocycles. The van der Waals surface area contributed by atoms with Crippen LogP contribution in [0.5, 0.6) is 5.75 Å². The number of aromatic nitrogens is 3. The maximum absolute atomic E-state index is 12.6. The molecule has 0 bridgehead atoms. The van der Waals surface area contributed by atoms with E-state index in [4.69, 9.17) is 28.6 Å². The molecule has 1 heterocycles. The number of benzene rings is 2. The smallest absolute Gasteiger partial charge is 0.224 e. The number of ether oxygens (including phenoxy) is 1. The Balaban J connectivity index is 1.68. The molecule has 1 aromatic heterocycles. The molecule has 0 fully saturated rings. The van der Waals surface area contributed by atoms with E-state index in [9.17, 15) is 4.79 Å². The van der Waals surface area contributed by atoms with Crippen LogP contribution in [-0.4, -0.2) is 39.7 Å². The van der Waals surface area contributed by atoms with Crippen molar-refractivity contribution < 1.29 is 9.53 Å². The van der Waals surface area contributed by atoms with E-state index in [0.717, 1.165) is 16.9 Å². The average molecular weight is 417 g/mol. The Hall–Kier alpha value is -2.64. The Kier molecular flexibility index (Phi) is 6.49. The normalized spacial score (nSPS) is 10.7. The van der Waals surface area contributed by atoms with Crippen molar-refractivity contribution in [3.05, 3.63) is 63.9 Å². The van der Waals surface area contributed by atoms with E-state index >= 15 is 0 Å². The molecule has 0 aliphatic carbocycles. The Morgan fingerprint density at radius 3 is 2.64 bits per heavy atom. The number of nitrogens with one attached hydrogen (secondary N) is 1. The van der Waals surface area contributed by atoms with Crippen LogP contribution in [0.1, 0.15) is 12.0 Å². The van der Waals surface area contributed by atoms with Crippen molar-refractivity contribution in [1.29, 1.82) is 0 Å². The molecule has 1 amide bonds. The van der Waals surface area contributed by atoms with Gasteiger partial charge in [0.1, 0.15) is 5.75 Å². The van der Waals surface area contributed by atoms with E-state index in [1.807, 2.05) is 53.1 Å². The third-order valence-corrected chi connectivity index (χ3v) is 5.13. The zero-order valence-corrected chi connectivity index (χ0v) is 17.3. The number of aromatic amines is 1. The monoisotopic (exact) mass is 416 g/mol. The molecular weight excluding hydrogens is 396 g/mol. The zero-order chi connectivity index (χ0) is 20.1. The average Bonchev–Trinajstić information content (AvgIpc) is 3.08. The van der Waals surface area contributed by atoms with Crippen molar-refractivity contribution >= 4 is 29.7 Å². The lowest BCUT2D eigenvalue weighted by Crippen LogP contribution is -2.27. The summed E-state index contributed by atoms with van der Waals surface area (Å²) in [6.07, 6.45) is 0.304. The summed E-state index contributed by atoms with van der Waals surface area (Å²) >= 11 is 11.5. The van der Waals surface area contributed by atoms with Crippen LogP contribution in [-0.2, 0) is 17.9 Å². The first-order valence-corrected chi connectivity index (χ1v) is 9.55. The first-order valence-electron chi connectivity index (χ1n) is 8.76. The van der Waals surface area contributed by atoms with Gasteiger partial charge in [-0.1, -0.05) is 29.8 Å². The fourth-order valence-electron chi connectivity index (χ4n) is 2.85. The van der Waals surface area contributed by atoms with E-state index in [2.05, 4.69) is 10.2 Å². The molecule has 0 saturated carbocycles. The second kappa shape index (κ2) is 9.03. The third kappa shape index (κ3) is 4.61. The summed E-state index contributed by atoms with van der Waals surface area (Å²) in [7, 11) is 3.39. The number of rotatable bonds is 7. The SMILES string of the molecule is COc1ccc(-c2n[nH]c(=S)n2CCC(=O)N(C)Cc2ccccc2Cl)cc1. The molecule has 146 valence electrons. The molecule has 3 rings (SSSR count). The van der Waals surface area contributed by atoms with Gasteiger partial charge in [-0.2, -0.15) is 5.10 Å². The van der Waals surface area contributed by atoms with E-state index in [1.165, 1.54) is 0 Å². The molecule has 3 aromatic rings. The van der Waals surface area contributed by atoms with Gasteiger partial charge in [0.15, 0.2) is 10.6 Å². The molecule has 0 saturated heterocycles. The third-order valence-electron chi connectivity index (χ3n) is 4.45. The quantitative estimate of drug-likeness (QED) is 0.582. The number of methoxy groups -OCH3 is 1. The molecular formula is C20H21ClN4O2S. The minimum Gasteiger partial charge on any atom is -0.497 e. The molecule has 28 heavy (non-hydrogen) atoms. The second-order valence-corrected chi connectivity index (χ2v) is 7.12. The van der Waals surface area contributed by atoms with Crippen LogP contribution in [0.4, 0.5) is 0 Å². The number of hydrogen-bond donors (Lipinski definition) is 1. The van der Waals surface area contributed by atoms with Crippen LogP contribution in [0, 0.1) is 4.77 Å². The Morgan fingerprint density at radius 2 is 1.96 bits per heavy atom. The largest absolute Gasteiger partial charge is 0.497 e. The second-order valence-electron chi connectivity index (χ2n) is 6.32. The molecule has 1 N–H and O–H groups in total. The van der Waals surface area contributed by atoms with Gasteiger partial charge in [-0.3, -0.25) is 14.5 Å². The zero-order valence-electron chi connectivity index (χ0n) is 15.7. The summed E-state index contributed by atoms with van der Waals surface area (Å²) in [6, 6.07) is 15.1. The van der Waals surface area contributed by atoms with Crippen LogP contribution in [0.2, 0.25) is 5.02 Å². The van der Waals surface area contributed by atoms with Gasteiger partial charge >= 0.3 is 0 Å². The van der Waals surface area contributed by atoms with Crippen LogP contribution in [0.15, 0.2) is 48.5 Å². The number of hydrogen-bond acceptors (Lipinski definition) is 4. The number of halogens is 1. The van der Waals surface area contributed by atoms with Gasteiger partial charge in [-0.15, -0.1) is 0 Å². The first kappa shape index (κ1) is 20.1. The standard InChI is InChI=1S/C20H21ClN4O2S/c1-24(13-15-5-3-4-6-17(15)21)18(26)11-12-25-19(22-23-20(25)28)14-7-9-16(27-2)10-8-14/h3-10H,11-13H2,1-2H3,(H,23,28). The van der Waals surface area contributed by atoms with E-state index < -0.39 is 0 Å². The molecule has 6 nitrogen and oxygen atoms in total. The summed E-state index contributed by atoms with van der Waals surface area (Å²) in [4.78, 5) is 14.2. The van der Waals surface area contributed by atoms with Gasteiger partial charge in [-0.25, -0.2) is 0 Å². The maximum Gasteiger partial charge on any atom is 0.224 e. The minimum absolute atomic E-state index is 0.00343. The van der Waals surface area contributed by atoms with Gasteiger partial charge in [0.25, 0.3) is 0 Å². The fourth-order valence-corrected chi connectivity index (χ4v) is 3.27. The molecule has 0 aliphatic rings. The van der Waals surface area contributed by atoms with Gasteiger partial charge in [0.2, 0.25) is 5.91 Å². The highest BCUT2D eigenvalue weighted by molar-refractivity contribution is 7.71. The van der Waals surface area contributed by atoms with Crippen molar-refractivity contribution in [1.82, 2.24) is 19.7 Å². The lowest BCUT2D eigenvalue weighted by molar-refractivity contribution is -0.130. The number of H-pyrrole nitrogens is 1. The highest BCUT2D eigenvalue weighted by atomic mass is 35.5. The Labute approximate surface area is 173 Å². The van der Waals surface area contributed by atoms with Crippen molar-refractivity contribution in [2.75, 3.05) is 14.2 Å². The predicted molar refractivity (Wildman–Crippen MR) is 112 cm³/mol. The highest BCUT2D eigenvalue weighted by Gasteiger charge is 2.14. The molecule has 0 radical (unpaired) electrons. The fraction of sp³-hybridized carbons (Fsp3) is 0.250. The number of carbonyl (C=O) groups excluding carboxylic acids is 1.